The molecule has 0 saturated carbocycles. The Morgan fingerprint density at radius 3 is 2.59 bits per heavy atom. The van der Waals surface area contributed by atoms with Gasteiger partial charge >= 0.3 is 0 Å². The monoisotopic (exact) mass is 364 g/mol. The summed E-state index contributed by atoms with van der Waals surface area (Å²) in [5.41, 5.74) is 3.90. The summed E-state index contributed by atoms with van der Waals surface area (Å²) in [6.07, 6.45) is 0.836. The number of hydrogen-bond donors (Lipinski definition) is 2. The van der Waals surface area contributed by atoms with E-state index in [1.165, 1.54) is 0 Å². The molecule has 142 valence electrons. The first-order valence-electron chi connectivity index (χ1n) is 9.59. The first kappa shape index (κ1) is 19.0. The lowest BCUT2D eigenvalue weighted by molar-refractivity contribution is 0.0953. The Labute approximate surface area is 160 Å². The second kappa shape index (κ2) is 8.71. The highest BCUT2D eigenvalue weighted by Crippen LogP contribution is 2.21. The number of carbonyl (C=O) groups is 1. The quantitative estimate of drug-likeness (QED) is 0.588. The Bertz CT molecular complexity index is 914. The van der Waals surface area contributed by atoms with E-state index in [-0.39, 0.29) is 5.91 Å². The fourth-order valence-corrected chi connectivity index (χ4v) is 3.17. The Morgan fingerprint density at radius 1 is 1.07 bits per heavy atom. The average molecular weight is 364 g/mol. The third-order valence-electron chi connectivity index (χ3n) is 4.51. The zero-order chi connectivity index (χ0) is 19.2. The molecule has 0 bridgehead atoms. The van der Waals surface area contributed by atoms with E-state index in [0.29, 0.717) is 12.5 Å². The topological polar surface area (TPSA) is 59.0 Å². The van der Waals surface area contributed by atoms with Crippen LogP contribution in [0.1, 0.15) is 36.2 Å². The number of nitrogens with zero attached hydrogens (tertiary/aromatic N) is 2. The van der Waals surface area contributed by atoms with Gasteiger partial charge < -0.3 is 15.2 Å². The van der Waals surface area contributed by atoms with E-state index < -0.39 is 0 Å². The van der Waals surface area contributed by atoms with Crippen LogP contribution in [0.4, 0.5) is 5.95 Å². The molecule has 0 radical (unpaired) electrons. The molecule has 3 rings (SSSR count). The second-order valence-corrected chi connectivity index (χ2v) is 7.28. The van der Waals surface area contributed by atoms with Crippen molar-refractivity contribution in [2.45, 2.75) is 33.7 Å². The molecule has 27 heavy (non-hydrogen) atoms. The minimum Gasteiger partial charge on any atom is -0.356 e. The number of aryl methyl sites for hydroxylation is 1. The van der Waals surface area contributed by atoms with Gasteiger partial charge in [0.05, 0.1) is 11.0 Å². The molecule has 3 aromatic rings. The number of para-hydroxylation sites is 2. The Morgan fingerprint density at radius 2 is 1.81 bits per heavy atom. The van der Waals surface area contributed by atoms with Gasteiger partial charge in [-0.2, -0.15) is 0 Å². The number of fused-ring (bicyclic) bond motifs is 1. The van der Waals surface area contributed by atoms with Gasteiger partial charge in [0.1, 0.15) is 0 Å². The van der Waals surface area contributed by atoms with Crippen molar-refractivity contribution in [3.05, 3.63) is 59.7 Å². The van der Waals surface area contributed by atoms with Crippen LogP contribution in [0, 0.1) is 12.8 Å². The molecule has 0 atom stereocenters. The standard InChI is InChI=1S/C22H28N4O/c1-16(2)15-26-20-12-7-6-11-19(20)25-22(26)24-14-8-13-23-21(27)18-10-5-4-9-17(18)3/h4-7,9-12,16H,8,13-15H2,1-3H3,(H,23,27)(H,24,25). The van der Waals surface area contributed by atoms with Crippen molar-refractivity contribution in [3.8, 4) is 0 Å². The molecule has 0 saturated heterocycles. The molecule has 0 aliphatic heterocycles. The van der Waals surface area contributed by atoms with Crippen LogP contribution in [-0.2, 0) is 6.54 Å². The summed E-state index contributed by atoms with van der Waals surface area (Å²) in [6, 6.07) is 15.9. The number of nitrogens with one attached hydrogen (secondary N) is 2. The lowest BCUT2D eigenvalue weighted by Gasteiger charge is -2.13. The van der Waals surface area contributed by atoms with Crippen molar-refractivity contribution in [2.75, 3.05) is 18.4 Å². The Hall–Kier alpha value is -2.82. The van der Waals surface area contributed by atoms with Gasteiger partial charge in [0.15, 0.2) is 0 Å². The molecule has 0 fully saturated rings. The zero-order valence-electron chi connectivity index (χ0n) is 16.3. The highest BCUT2D eigenvalue weighted by molar-refractivity contribution is 5.95. The zero-order valence-corrected chi connectivity index (χ0v) is 16.3. The van der Waals surface area contributed by atoms with Crippen LogP contribution in [0.15, 0.2) is 48.5 Å². The van der Waals surface area contributed by atoms with E-state index in [1.807, 2.05) is 49.4 Å². The van der Waals surface area contributed by atoms with E-state index in [9.17, 15) is 4.79 Å². The minimum atomic E-state index is -0.0138. The molecule has 0 aliphatic carbocycles. The van der Waals surface area contributed by atoms with Gasteiger partial charge in [-0.25, -0.2) is 4.98 Å². The predicted molar refractivity (Wildman–Crippen MR) is 111 cm³/mol. The van der Waals surface area contributed by atoms with E-state index >= 15 is 0 Å². The number of carbonyl (C=O) groups excluding carboxylic acids is 1. The van der Waals surface area contributed by atoms with Crippen LogP contribution in [-0.4, -0.2) is 28.5 Å². The molecule has 0 unspecified atom stereocenters. The summed E-state index contributed by atoms with van der Waals surface area (Å²) in [5.74, 6) is 1.42. The molecular weight excluding hydrogens is 336 g/mol. The summed E-state index contributed by atoms with van der Waals surface area (Å²) < 4.78 is 2.24. The molecule has 5 heteroatoms. The highest BCUT2D eigenvalue weighted by atomic mass is 16.1. The second-order valence-electron chi connectivity index (χ2n) is 7.28. The normalized spacial score (nSPS) is 11.1. The first-order chi connectivity index (χ1) is 13.1. The number of aromatic nitrogens is 2. The van der Waals surface area contributed by atoms with Gasteiger partial charge in [-0.05, 0) is 43.0 Å². The van der Waals surface area contributed by atoms with Gasteiger partial charge in [0.25, 0.3) is 5.91 Å². The molecule has 1 aromatic heterocycles. The predicted octanol–water partition coefficient (Wildman–Crippen LogP) is 4.23. The Balaban J connectivity index is 1.55. The summed E-state index contributed by atoms with van der Waals surface area (Å²) in [7, 11) is 0. The van der Waals surface area contributed by atoms with Crippen LogP contribution in [0.5, 0.6) is 0 Å². The van der Waals surface area contributed by atoms with Gasteiger partial charge in [0.2, 0.25) is 5.95 Å². The van der Waals surface area contributed by atoms with Crippen LogP contribution >= 0.6 is 0 Å². The molecular formula is C22H28N4O. The third kappa shape index (κ3) is 4.67. The van der Waals surface area contributed by atoms with Gasteiger partial charge in [-0.15, -0.1) is 0 Å². The number of imidazole rings is 1. The van der Waals surface area contributed by atoms with Gasteiger partial charge in [-0.1, -0.05) is 44.2 Å². The number of hydrogen-bond acceptors (Lipinski definition) is 3. The van der Waals surface area contributed by atoms with E-state index in [2.05, 4.69) is 35.1 Å². The van der Waals surface area contributed by atoms with Crippen molar-refractivity contribution in [1.29, 1.82) is 0 Å². The molecule has 2 aromatic carbocycles. The SMILES string of the molecule is Cc1ccccc1C(=O)NCCCNc1nc2ccccc2n1CC(C)C. The molecule has 1 heterocycles. The van der Waals surface area contributed by atoms with Crippen molar-refractivity contribution in [1.82, 2.24) is 14.9 Å². The average Bonchev–Trinajstić information content (AvgIpc) is 2.99. The number of anilines is 1. The van der Waals surface area contributed by atoms with Crippen molar-refractivity contribution >= 4 is 22.9 Å². The largest absolute Gasteiger partial charge is 0.356 e. The fraction of sp³-hybridized carbons (Fsp3) is 0.364. The maximum atomic E-state index is 12.2. The minimum absolute atomic E-state index is 0.0138. The van der Waals surface area contributed by atoms with E-state index in [4.69, 9.17) is 4.98 Å². The van der Waals surface area contributed by atoms with Crippen LogP contribution in [0.2, 0.25) is 0 Å². The summed E-state index contributed by atoms with van der Waals surface area (Å²) >= 11 is 0. The van der Waals surface area contributed by atoms with E-state index in [0.717, 1.165) is 47.6 Å². The maximum absolute atomic E-state index is 12.2. The van der Waals surface area contributed by atoms with Gasteiger partial charge in [0, 0.05) is 25.2 Å². The summed E-state index contributed by atoms with van der Waals surface area (Å²) in [4.78, 5) is 17.0. The van der Waals surface area contributed by atoms with Crippen molar-refractivity contribution in [3.63, 3.8) is 0 Å². The molecule has 1 amide bonds. The summed E-state index contributed by atoms with van der Waals surface area (Å²) in [5, 5.41) is 6.43. The van der Waals surface area contributed by atoms with Crippen LogP contribution in [0.3, 0.4) is 0 Å². The lowest BCUT2D eigenvalue weighted by atomic mass is 10.1. The molecule has 0 spiro atoms. The number of rotatable bonds is 8. The number of benzene rings is 2. The van der Waals surface area contributed by atoms with Crippen molar-refractivity contribution < 1.29 is 4.79 Å². The molecule has 5 nitrogen and oxygen atoms in total. The van der Waals surface area contributed by atoms with Crippen molar-refractivity contribution in [2.24, 2.45) is 5.92 Å². The van der Waals surface area contributed by atoms with Crippen LogP contribution in [0.25, 0.3) is 11.0 Å². The highest BCUT2D eigenvalue weighted by Gasteiger charge is 2.11. The smallest absolute Gasteiger partial charge is 0.251 e. The Kier molecular flexibility index (Phi) is 6.12. The summed E-state index contributed by atoms with van der Waals surface area (Å²) in [6.45, 7) is 8.68. The van der Waals surface area contributed by atoms with E-state index in [1.54, 1.807) is 0 Å². The number of amides is 1. The lowest BCUT2D eigenvalue weighted by Crippen LogP contribution is -2.26. The molecule has 2 N–H and O–H groups in total. The fourth-order valence-electron chi connectivity index (χ4n) is 3.17. The van der Waals surface area contributed by atoms with Gasteiger partial charge in [-0.3, -0.25) is 4.79 Å². The first-order valence-corrected chi connectivity index (χ1v) is 9.59. The maximum Gasteiger partial charge on any atom is 0.251 e. The molecule has 0 aliphatic rings. The van der Waals surface area contributed by atoms with Crippen LogP contribution < -0.4 is 10.6 Å². The third-order valence-corrected chi connectivity index (χ3v) is 4.51.